The molecule has 0 atom stereocenters. The molecule has 0 aliphatic carbocycles. The molecule has 3 aromatic rings. The van der Waals surface area contributed by atoms with Crippen molar-refractivity contribution in [3.63, 3.8) is 0 Å². The molecule has 0 amide bonds. The Balaban J connectivity index is 1.97. The van der Waals surface area contributed by atoms with Crippen molar-refractivity contribution in [2.75, 3.05) is 0 Å². The smallest absolute Gasteiger partial charge is 0.134 e. The van der Waals surface area contributed by atoms with Gasteiger partial charge in [-0.15, -0.1) is 0 Å². The second-order valence-corrected chi connectivity index (χ2v) is 6.24. The lowest BCUT2D eigenvalue weighted by Crippen LogP contribution is -1.86. The molecule has 0 saturated carbocycles. The number of nitrogens with zero attached hydrogens (tertiary/aromatic N) is 1. The molecule has 0 radical (unpaired) electrons. The zero-order valence-electron chi connectivity index (χ0n) is 12.3. The van der Waals surface area contributed by atoms with Crippen molar-refractivity contribution in [3.8, 4) is 17.4 Å². The molecule has 2 aromatic carbocycles. The fourth-order valence-electron chi connectivity index (χ4n) is 2.23. The van der Waals surface area contributed by atoms with Gasteiger partial charge in [-0.2, -0.15) is 5.26 Å². The minimum atomic E-state index is -0.447. The van der Waals surface area contributed by atoms with Gasteiger partial charge in [0.05, 0.1) is 16.7 Å². The van der Waals surface area contributed by atoms with Gasteiger partial charge in [-0.1, -0.05) is 35.9 Å². The fourth-order valence-corrected chi connectivity index (χ4v) is 2.65. The Labute approximate surface area is 151 Å². The molecule has 3 rings (SSSR count). The van der Waals surface area contributed by atoms with Crippen LogP contribution in [0.25, 0.3) is 23.0 Å². The average molecular weight is 403 g/mol. The Morgan fingerprint density at radius 1 is 1.17 bits per heavy atom. The van der Waals surface area contributed by atoms with E-state index >= 15 is 0 Å². The van der Waals surface area contributed by atoms with Crippen LogP contribution in [0, 0.1) is 17.1 Å². The summed E-state index contributed by atoms with van der Waals surface area (Å²) >= 11 is 9.43. The van der Waals surface area contributed by atoms with Crippen LogP contribution in [0.3, 0.4) is 0 Å². The molecule has 0 fully saturated rings. The van der Waals surface area contributed by atoms with Gasteiger partial charge in [0, 0.05) is 15.6 Å². The van der Waals surface area contributed by atoms with Gasteiger partial charge < -0.3 is 4.42 Å². The van der Waals surface area contributed by atoms with Gasteiger partial charge in [0.2, 0.25) is 0 Å². The lowest BCUT2D eigenvalue weighted by Gasteiger charge is -2.01. The largest absolute Gasteiger partial charge is 0.457 e. The third kappa shape index (κ3) is 3.43. The third-order valence-electron chi connectivity index (χ3n) is 3.40. The second kappa shape index (κ2) is 7.04. The van der Waals surface area contributed by atoms with E-state index in [-0.39, 0.29) is 11.1 Å². The summed E-state index contributed by atoms with van der Waals surface area (Å²) in [6.07, 6.45) is 1.52. The molecule has 2 nitrogen and oxygen atoms in total. The summed E-state index contributed by atoms with van der Waals surface area (Å²) in [6.45, 7) is 0. The zero-order valence-corrected chi connectivity index (χ0v) is 14.6. The van der Waals surface area contributed by atoms with Gasteiger partial charge in [0.15, 0.2) is 0 Å². The van der Waals surface area contributed by atoms with Gasteiger partial charge in [-0.05, 0) is 52.3 Å². The molecule has 1 aromatic heterocycles. The van der Waals surface area contributed by atoms with Crippen LogP contribution >= 0.6 is 27.5 Å². The molecule has 1 heterocycles. The molecule has 0 saturated heterocycles. The van der Waals surface area contributed by atoms with Crippen molar-refractivity contribution in [3.05, 3.63) is 81.2 Å². The van der Waals surface area contributed by atoms with Gasteiger partial charge in [-0.3, -0.25) is 0 Å². The van der Waals surface area contributed by atoms with Crippen LogP contribution < -0.4 is 0 Å². The predicted molar refractivity (Wildman–Crippen MR) is 96.7 cm³/mol. The van der Waals surface area contributed by atoms with Gasteiger partial charge >= 0.3 is 0 Å². The molecule has 0 aliphatic rings. The summed E-state index contributed by atoms with van der Waals surface area (Å²) in [5.74, 6) is 0.627. The van der Waals surface area contributed by atoms with Crippen molar-refractivity contribution in [1.29, 1.82) is 5.26 Å². The van der Waals surface area contributed by atoms with E-state index in [1.54, 1.807) is 36.4 Å². The summed E-state index contributed by atoms with van der Waals surface area (Å²) < 4.78 is 20.4. The van der Waals surface area contributed by atoms with Gasteiger partial charge in [0.25, 0.3) is 0 Å². The van der Waals surface area contributed by atoms with Crippen LogP contribution in [-0.2, 0) is 0 Å². The van der Waals surface area contributed by atoms with Crippen LogP contribution in [-0.4, -0.2) is 0 Å². The molecular weight excluding hydrogens is 393 g/mol. The van der Waals surface area contributed by atoms with Crippen molar-refractivity contribution < 1.29 is 8.81 Å². The number of furan rings is 1. The highest BCUT2D eigenvalue weighted by molar-refractivity contribution is 9.10. The summed E-state index contributed by atoms with van der Waals surface area (Å²) in [5, 5.41) is 9.88. The van der Waals surface area contributed by atoms with Crippen LogP contribution in [0.15, 0.2) is 63.5 Å². The number of hydrogen-bond donors (Lipinski definition) is 0. The molecule has 0 aliphatic heterocycles. The maximum absolute atomic E-state index is 13.8. The highest BCUT2D eigenvalue weighted by atomic mass is 79.9. The lowest BCUT2D eigenvalue weighted by atomic mass is 10.1. The minimum Gasteiger partial charge on any atom is -0.457 e. The number of benzene rings is 2. The number of nitriles is 1. The molecule has 0 unspecified atom stereocenters. The number of hydrogen-bond acceptors (Lipinski definition) is 2. The van der Waals surface area contributed by atoms with E-state index in [9.17, 15) is 9.65 Å². The maximum Gasteiger partial charge on any atom is 0.134 e. The van der Waals surface area contributed by atoms with Crippen LogP contribution in [0.5, 0.6) is 0 Å². The molecule has 0 N–H and O–H groups in total. The van der Waals surface area contributed by atoms with E-state index in [1.807, 2.05) is 18.2 Å². The number of halogens is 3. The van der Waals surface area contributed by atoms with E-state index in [0.717, 1.165) is 10.0 Å². The number of rotatable bonds is 3. The van der Waals surface area contributed by atoms with E-state index in [4.69, 9.17) is 16.0 Å². The molecule has 24 heavy (non-hydrogen) atoms. The highest BCUT2D eigenvalue weighted by Gasteiger charge is 2.10. The summed E-state index contributed by atoms with van der Waals surface area (Å²) in [7, 11) is 0. The fraction of sp³-hybridized carbons (Fsp3) is 0. The van der Waals surface area contributed by atoms with E-state index in [0.29, 0.717) is 16.5 Å². The summed E-state index contributed by atoms with van der Waals surface area (Å²) in [4.78, 5) is 0. The lowest BCUT2D eigenvalue weighted by molar-refractivity contribution is 0.572. The molecular formula is C19H10BrClFNO. The first-order valence-corrected chi connectivity index (χ1v) is 8.17. The Morgan fingerprint density at radius 3 is 2.67 bits per heavy atom. The Hall–Kier alpha value is -2.35. The summed E-state index contributed by atoms with van der Waals surface area (Å²) in [6, 6.07) is 17.1. The number of allylic oxidation sites excluding steroid dienone is 1. The monoisotopic (exact) mass is 401 g/mol. The quantitative estimate of drug-likeness (QED) is 0.465. The standard InChI is InChI=1S/C19H10BrClFNO/c20-16-7-5-12(10-17(16)21)19-8-6-14(24-19)9-13(11-23)15-3-1-2-4-18(15)22/h1-10H/b13-9-. The maximum atomic E-state index is 13.8. The Kier molecular flexibility index (Phi) is 4.84. The highest BCUT2D eigenvalue weighted by Crippen LogP contribution is 2.31. The Morgan fingerprint density at radius 2 is 1.96 bits per heavy atom. The normalized spacial score (nSPS) is 11.3. The molecule has 5 heteroatoms. The minimum absolute atomic E-state index is 0.197. The third-order valence-corrected chi connectivity index (χ3v) is 4.63. The first kappa shape index (κ1) is 16.5. The zero-order chi connectivity index (χ0) is 17.1. The van der Waals surface area contributed by atoms with E-state index < -0.39 is 5.82 Å². The van der Waals surface area contributed by atoms with Crippen LogP contribution in [0.4, 0.5) is 4.39 Å². The van der Waals surface area contributed by atoms with Crippen molar-refractivity contribution in [1.82, 2.24) is 0 Å². The van der Waals surface area contributed by atoms with Crippen LogP contribution in [0.2, 0.25) is 5.02 Å². The summed E-state index contributed by atoms with van der Waals surface area (Å²) in [5.41, 5.74) is 1.25. The average Bonchev–Trinajstić information content (AvgIpc) is 3.04. The predicted octanol–water partition coefficient (Wildman–Crippen LogP) is 6.57. The van der Waals surface area contributed by atoms with Gasteiger partial charge in [0.1, 0.15) is 17.3 Å². The molecule has 118 valence electrons. The van der Waals surface area contributed by atoms with Gasteiger partial charge in [-0.25, -0.2) is 4.39 Å². The SMILES string of the molecule is N#C/C(=C/c1ccc(-c2ccc(Br)c(Cl)c2)o1)c1ccccc1F. The Bertz CT molecular complexity index is 971. The first-order valence-electron chi connectivity index (χ1n) is 7.00. The van der Waals surface area contributed by atoms with Crippen molar-refractivity contribution >= 4 is 39.2 Å². The topological polar surface area (TPSA) is 36.9 Å². The van der Waals surface area contributed by atoms with Crippen LogP contribution in [0.1, 0.15) is 11.3 Å². The van der Waals surface area contributed by atoms with E-state index in [2.05, 4.69) is 15.9 Å². The first-order chi connectivity index (χ1) is 11.6. The molecule has 0 spiro atoms. The van der Waals surface area contributed by atoms with Crippen molar-refractivity contribution in [2.24, 2.45) is 0 Å². The van der Waals surface area contributed by atoms with E-state index in [1.165, 1.54) is 12.1 Å². The molecule has 0 bridgehead atoms. The second-order valence-electron chi connectivity index (χ2n) is 4.98. The van der Waals surface area contributed by atoms with Crippen molar-refractivity contribution in [2.45, 2.75) is 0 Å².